The van der Waals surface area contributed by atoms with Crippen LogP contribution in [0.3, 0.4) is 0 Å². The van der Waals surface area contributed by atoms with Crippen LogP contribution in [0, 0.1) is 13.8 Å². The quantitative estimate of drug-likeness (QED) is 0.747. The molecule has 18 heavy (non-hydrogen) atoms. The molecule has 2 heterocycles. The molecule has 0 aromatic carbocycles. The smallest absolute Gasteiger partial charge is 0.325 e. The number of esters is 1. The molecule has 0 radical (unpaired) electrons. The molecule has 0 unspecified atom stereocenters. The lowest BCUT2D eigenvalue weighted by Gasteiger charge is -2.10. The van der Waals surface area contributed by atoms with Crippen LogP contribution in [0.25, 0.3) is 11.0 Å². The molecule has 5 heteroatoms. The Morgan fingerprint density at radius 1 is 1.39 bits per heavy atom. The van der Waals surface area contributed by atoms with Gasteiger partial charge in [0.1, 0.15) is 12.2 Å². The van der Waals surface area contributed by atoms with Crippen molar-refractivity contribution in [2.75, 3.05) is 7.11 Å². The van der Waals surface area contributed by atoms with E-state index >= 15 is 0 Å². The Labute approximate surface area is 104 Å². The van der Waals surface area contributed by atoms with Gasteiger partial charge in [-0.2, -0.15) is 0 Å². The van der Waals surface area contributed by atoms with Crippen molar-refractivity contribution < 1.29 is 9.53 Å². The van der Waals surface area contributed by atoms with Crippen LogP contribution in [0.15, 0.2) is 23.0 Å². The Morgan fingerprint density at radius 2 is 2.11 bits per heavy atom. The number of aryl methyl sites for hydroxylation is 2. The number of nitrogens with zero attached hydrogens (tertiary/aromatic N) is 2. The normalized spacial score (nSPS) is 10.6. The van der Waals surface area contributed by atoms with Crippen LogP contribution < -0.4 is 5.56 Å². The number of rotatable bonds is 2. The zero-order chi connectivity index (χ0) is 13.3. The fourth-order valence-electron chi connectivity index (χ4n) is 1.93. The Morgan fingerprint density at radius 3 is 2.78 bits per heavy atom. The molecule has 0 saturated carbocycles. The Kier molecular flexibility index (Phi) is 3.14. The molecule has 0 atom stereocenters. The van der Waals surface area contributed by atoms with Gasteiger partial charge in [0.2, 0.25) is 0 Å². The highest BCUT2D eigenvalue weighted by atomic mass is 16.5. The summed E-state index contributed by atoms with van der Waals surface area (Å²) in [6.45, 7) is 3.68. The number of pyridine rings is 2. The summed E-state index contributed by atoms with van der Waals surface area (Å²) in [7, 11) is 1.29. The molecule has 0 bridgehead atoms. The second kappa shape index (κ2) is 4.60. The van der Waals surface area contributed by atoms with Gasteiger partial charge in [0, 0.05) is 17.1 Å². The first-order valence-electron chi connectivity index (χ1n) is 5.57. The Hall–Kier alpha value is -2.17. The Bertz CT molecular complexity index is 674. The molecule has 5 nitrogen and oxygen atoms in total. The van der Waals surface area contributed by atoms with Crippen molar-refractivity contribution in [2.45, 2.75) is 20.4 Å². The van der Waals surface area contributed by atoms with Crippen molar-refractivity contribution in [3.63, 3.8) is 0 Å². The van der Waals surface area contributed by atoms with Crippen LogP contribution in [-0.4, -0.2) is 22.6 Å². The highest BCUT2D eigenvalue weighted by molar-refractivity contribution is 5.80. The van der Waals surface area contributed by atoms with Crippen molar-refractivity contribution in [1.29, 1.82) is 0 Å². The number of carbonyl (C=O) groups excluding carboxylic acids is 1. The molecule has 2 aromatic heterocycles. The molecule has 0 fully saturated rings. The third kappa shape index (κ3) is 2.11. The van der Waals surface area contributed by atoms with E-state index in [9.17, 15) is 9.59 Å². The highest BCUT2D eigenvalue weighted by Crippen LogP contribution is 2.15. The van der Waals surface area contributed by atoms with Crippen LogP contribution in [-0.2, 0) is 16.1 Å². The van der Waals surface area contributed by atoms with Gasteiger partial charge in [-0.3, -0.25) is 14.2 Å². The molecule has 2 rings (SSSR count). The van der Waals surface area contributed by atoms with E-state index in [1.54, 1.807) is 6.07 Å². The first-order valence-corrected chi connectivity index (χ1v) is 5.57. The molecular weight excluding hydrogens is 232 g/mol. The summed E-state index contributed by atoms with van der Waals surface area (Å²) in [6, 6.07) is 5.11. The summed E-state index contributed by atoms with van der Waals surface area (Å²) in [5.74, 6) is -0.467. The topological polar surface area (TPSA) is 61.2 Å². The van der Waals surface area contributed by atoms with Crippen molar-refractivity contribution in [3.8, 4) is 0 Å². The standard InChI is InChI=1S/C13H14N2O3/c1-8-6-9(2)14-13-10(8)4-5-11(16)15(13)7-12(17)18-3/h4-6H,7H2,1-3H3. The zero-order valence-electron chi connectivity index (χ0n) is 10.6. The lowest BCUT2D eigenvalue weighted by atomic mass is 10.1. The fraction of sp³-hybridized carbons (Fsp3) is 0.308. The first-order chi connectivity index (χ1) is 8.52. The van der Waals surface area contributed by atoms with Gasteiger partial charge in [-0.25, -0.2) is 4.98 Å². The van der Waals surface area contributed by atoms with E-state index in [0.717, 1.165) is 16.6 Å². The third-order valence-corrected chi connectivity index (χ3v) is 2.80. The molecule has 0 amide bonds. The second-order valence-corrected chi connectivity index (χ2v) is 4.15. The van der Waals surface area contributed by atoms with Gasteiger partial charge < -0.3 is 4.74 Å². The molecule has 0 saturated heterocycles. The minimum atomic E-state index is -0.467. The van der Waals surface area contributed by atoms with Crippen molar-refractivity contribution in [2.24, 2.45) is 0 Å². The molecule has 0 aliphatic rings. The SMILES string of the molecule is COC(=O)Cn1c(=O)ccc2c(C)cc(C)nc21. The maximum atomic E-state index is 11.8. The van der Waals surface area contributed by atoms with Crippen LogP contribution in [0.5, 0.6) is 0 Å². The summed E-state index contributed by atoms with van der Waals surface area (Å²) in [6.07, 6.45) is 0. The number of ether oxygens (including phenoxy) is 1. The summed E-state index contributed by atoms with van der Waals surface area (Å²) in [5, 5.41) is 0.865. The molecule has 0 aliphatic carbocycles. The maximum absolute atomic E-state index is 11.8. The molecule has 94 valence electrons. The highest BCUT2D eigenvalue weighted by Gasteiger charge is 2.10. The second-order valence-electron chi connectivity index (χ2n) is 4.15. The third-order valence-electron chi connectivity index (χ3n) is 2.80. The number of carbonyl (C=O) groups is 1. The molecular formula is C13H14N2O3. The Balaban J connectivity index is 2.74. The number of hydrogen-bond donors (Lipinski definition) is 0. The number of methoxy groups -OCH3 is 1. The van der Waals surface area contributed by atoms with Gasteiger partial charge in [0.25, 0.3) is 5.56 Å². The van der Waals surface area contributed by atoms with E-state index in [4.69, 9.17) is 0 Å². The van der Waals surface area contributed by atoms with E-state index < -0.39 is 5.97 Å². The summed E-state index contributed by atoms with van der Waals surface area (Å²) in [4.78, 5) is 27.5. The zero-order valence-corrected chi connectivity index (χ0v) is 10.6. The minimum Gasteiger partial charge on any atom is -0.468 e. The van der Waals surface area contributed by atoms with E-state index in [-0.39, 0.29) is 12.1 Å². The van der Waals surface area contributed by atoms with Gasteiger partial charge in [-0.1, -0.05) is 0 Å². The summed E-state index contributed by atoms with van der Waals surface area (Å²) < 4.78 is 5.93. The van der Waals surface area contributed by atoms with Crippen LogP contribution >= 0.6 is 0 Å². The minimum absolute atomic E-state index is 0.122. The van der Waals surface area contributed by atoms with Crippen molar-refractivity contribution in [1.82, 2.24) is 9.55 Å². The van der Waals surface area contributed by atoms with Gasteiger partial charge >= 0.3 is 5.97 Å². The number of fused-ring (bicyclic) bond motifs is 1. The summed E-state index contributed by atoms with van der Waals surface area (Å²) >= 11 is 0. The van der Waals surface area contributed by atoms with Gasteiger partial charge in [0.15, 0.2) is 0 Å². The van der Waals surface area contributed by atoms with Gasteiger partial charge in [0.05, 0.1) is 7.11 Å². The van der Waals surface area contributed by atoms with Gasteiger partial charge in [-0.15, -0.1) is 0 Å². The first kappa shape index (κ1) is 12.3. The van der Waals surface area contributed by atoms with E-state index in [2.05, 4.69) is 9.72 Å². The maximum Gasteiger partial charge on any atom is 0.325 e. The van der Waals surface area contributed by atoms with Crippen LogP contribution in [0.1, 0.15) is 11.3 Å². The lowest BCUT2D eigenvalue weighted by Crippen LogP contribution is -2.25. The lowest BCUT2D eigenvalue weighted by molar-refractivity contribution is -0.141. The molecule has 2 aromatic rings. The molecule has 0 aliphatic heterocycles. The monoisotopic (exact) mass is 246 g/mol. The van der Waals surface area contributed by atoms with Gasteiger partial charge in [-0.05, 0) is 31.5 Å². The predicted molar refractivity (Wildman–Crippen MR) is 67.5 cm³/mol. The molecule has 0 spiro atoms. The van der Waals surface area contributed by atoms with Crippen LogP contribution in [0.4, 0.5) is 0 Å². The number of hydrogen-bond acceptors (Lipinski definition) is 4. The van der Waals surface area contributed by atoms with E-state index in [0.29, 0.717) is 5.65 Å². The van der Waals surface area contributed by atoms with E-state index in [1.807, 2.05) is 19.9 Å². The average Bonchev–Trinajstić information content (AvgIpc) is 2.32. The van der Waals surface area contributed by atoms with Crippen molar-refractivity contribution in [3.05, 3.63) is 39.8 Å². The number of aromatic nitrogens is 2. The van der Waals surface area contributed by atoms with Crippen molar-refractivity contribution >= 4 is 17.0 Å². The molecule has 0 N–H and O–H groups in total. The predicted octanol–water partition coefficient (Wildman–Crippen LogP) is 1.19. The fourth-order valence-corrected chi connectivity index (χ4v) is 1.93. The largest absolute Gasteiger partial charge is 0.468 e. The average molecular weight is 246 g/mol. The van der Waals surface area contributed by atoms with Crippen LogP contribution in [0.2, 0.25) is 0 Å². The summed E-state index contributed by atoms with van der Waals surface area (Å²) in [5.41, 5.74) is 2.09. The van der Waals surface area contributed by atoms with E-state index in [1.165, 1.54) is 17.7 Å².